The molecule has 0 heterocycles. The van der Waals surface area contributed by atoms with Crippen molar-refractivity contribution >= 4 is 15.9 Å². The van der Waals surface area contributed by atoms with E-state index in [1.54, 1.807) is 36.4 Å². The molecule has 0 bridgehead atoms. The average Bonchev–Trinajstić information content (AvgIpc) is 3.44. The summed E-state index contributed by atoms with van der Waals surface area (Å²) in [6.45, 7) is 1.84. The Morgan fingerprint density at radius 1 is 1.11 bits per heavy atom. The lowest BCUT2D eigenvalue weighted by atomic mass is 10.1. The third-order valence-electron chi connectivity index (χ3n) is 4.52. The largest absolute Gasteiger partial charge is 0.350 e. The van der Waals surface area contributed by atoms with Crippen LogP contribution in [0.3, 0.4) is 0 Å². The van der Waals surface area contributed by atoms with E-state index in [1.807, 2.05) is 6.92 Å². The molecule has 144 valence electrons. The van der Waals surface area contributed by atoms with Gasteiger partial charge in [-0.05, 0) is 61.6 Å². The van der Waals surface area contributed by atoms with E-state index in [2.05, 4.69) is 10.0 Å². The second-order valence-corrected chi connectivity index (χ2v) is 8.59. The van der Waals surface area contributed by atoms with Crippen LogP contribution in [-0.4, -0.2) is 20.4 Å². The van der Waals surface area contributed by atoms with Crippen LogP contribution in [-0.2, 0) is 21.2 Å². The van der Waals surface area contributed by atoms with Crippen molar-refractivity contribution in [1.82, 2.24) is 10.0 Å². The van der Waals surface area contributed by atoms with E-state index in [0.717, 1.165) is 24.0 Å². The van der Waals surface area contributed by atoms with Gasteiger partial charge in [-0.25, -0.2) is 17.5 Å². The molecule has 7 heteroatoms. The molecule has 1 atom stereocenters. The lowest BCUT2D eigenvalue weighted by Gasteiger charge is -2.14. The van der Waals surface area contributed by atoms with E-state index < -0.39 is 10.0 Å². The third kappa shape index (κ3) is 5.61. The zero-order valence-corrected chi connectivity index (χ0v) is 15.9. The highest BCUT2D eigenvalue weighted by Gasteiger charge is 2.27. The van der Waals surface area contributed by atoms with Gasteiger partial charge < -0.3 is 5.32 Å². The Hall–Kier alpha value is -2.25. The highest BCUT2D eigenvalue weighted by atomic mass is 32.2. The molecule has 0 saturated heterocycles. The number of carbonyl (C=O) groups excluding carboxylic acids is 1. The molecule has 2 aromatic rings. The molecular weight excluding hydrogens is 367 g/mol. The van der Waals surface area contributed by atoms with Crippen LogP contribution in [0.2, 0.25) is 0 Å². The topological polar surface area (TPSA) is 75.3 Å². The maximum absolute atomic E-state index is 13.0. The molecule has 0 spiro atoms. The second kappa shape index (κ2) is 8.19. The van der Waals surface area contributed by atoms with Crippen molar-refractivity contribution in [3.8, 4) is 0 Å². The minimum atomic E-state index is -3.45. The smallest absolute Gasteiger partial charge is 0.240 e. The predicted molar refractivity (Wildman–Crippen MR) is 101 cm³/mol. The number of amides is 1. The first-order valence-electron chi connectivity index (χ1n) is 8.99. The summed E-state index contributed by atoms with van der Waals surface area (Å²) in [5, 5.41) is 2.88. The molecule has 2 N–H and O–H groups in total. The van der Waals surface area contributed by atoms with Gasteiger partial charge in [0, 0.05) is 12.5 Å². The monoisotopic (exact) mass is 390 g/mol. The number of rotatable bonds is 8. The molecule has 0 aliphatic heterocycles. The Kier molecular flexibility index (Phi) is 5.92. The molecule has 1 saturated carbocycles. The molecule has 2 aromatic carbocycles. The molecule has 1 aliphatic carbocycles. The van der Waals surface area contributed by atoms with Gasteiger partial charge in [0.1, 0.15) is 5.82 Å². The molecule has 0 unspecified atom stereocenters. The zero-order chi connectivity index (χ0) is 19.4. The van der Waals surface area contributed by atoms with Crippen molar-refractivity contribution in [3.63, 3.8) is 0 Å². The van der Waals surface area contributed by atoms with Crippen LogP contribution in [0, 0.1) is 5.82 Å². The van der Waals surface area contributed by atoms with E-state index in [1.165, 1.54) is 12.1 Å². The first kappa shape index (κ1) is 19.5. The summed E-state index contributed by atoms with van der Waals surface area (Å²) in [6, 6.07) is 12.5. The van der Waals surface area contributed by atoms with Gasteiger partial charge in [-0.1, -0.05) is 24.3 Å². The van der Waals surface area contributed by atoms with E-state index in [0.29, 0.717) is 6.42 Å². The lowest BCUT2D eigenvalue weighted by Crippen LogP contribution is -2.27. The molecule has 27 heavy (non-hydrogen) atoms. The van der Waals surface area contributed by atoms with Gasteiger partial charge in [0.05, 0.1) is 10.9 Å². The number of halogens is 1. The third-order valence-corrected chi connectivity index (χ3v) is 6.06. The van der Waals surface area contributed by atoms with E-state index in [-0.39, 0.29) is 35.1 Å². The summed E-state index contributed by atoms with van der Waals surface area (Å²) in [7, 11) is -3.45. The highest BCUT2D eigenvalue weighted by molar-refractivity contribution is 7.89. The summed E-state index contributed by atoms with van der Waals surface area (Å²) in [6.07, 6.45) is 2.59. The normalized spacial score (nSPS) is 15.3. The predicted octanol–water partition coefficient (Wildman–Crippen LogP) is 3.08. The van der Waals surface area contributed by atoms with Crippen molar-refractivity contribution in [3.05, 3.63) is 65.5 Å². The first-order valence-corrected chi connectivity index (χ1v) is 10.5. The van der Waals surface area contributed by atoms with E-state index >= 15 is 0 Å². The number of sulfonamides is 1. The number of aryl methyl sites for hydroxylation is 1. The number of hydrogen-bond acceptors (Lipinski definition) is 3. The Morgan fingerprint density at radius 2 is 1.74 bits per heavy atom. The van der Waals surface area contributed by atoms with Gasteiger partial charge in [-0.15, -0.1) is 0 Å². The van der Waals surface area contributed by atoms with Crippen molar-refractivity contribution in [2.45, 2.75) is 49.6 Å². The Labute approximate surface area is 159 Å². The van der Waals surface area contributed by atoms with Crippen LogP contribution in [0.1, 0.15) is 43.4 Å². The van der Waals surface area contributed by atoms with Gasteiger partial charge in [0.25, 0.3) is 0 Å². The molecule has 0 aromatic heterocycles. The van der Waals surface area contributed by atoms with Crippen LogP contribution < -0.4 is 10.0 Å². The molecule has 1 aliphatic rings. The zero-order valence-electron chi connectivity index (χ0n) is 15.1. The Morgan fingerprint density at radius 3 is 2.33 bits per heavy atom. The summed E-state index contributed by atoms with van der Waals surface area (Å²) < 4.78 is 39.9. The number of hydrogen-bond donors (Lipinski definition) is 2. The van der Waals surface area contributed by atoms with Crippen LogP contribution in [0.25, 0.3) is 0 Å². The van der Waals surface area contributed by atoms with Crippen molar-refractivity contribution < 1.29 is 17.6 Å². The number of nitrogens with one attached hydrogen (secondary N) is 2. The summed E-state index contributed by atoms with van der Waals surface area (Å²) >= 11 is 0. The maximum atomic E-state index is 13.0. The quantitative estimate of drug-likeness (QED) is 0.727. The molecule has 5 nitrogen and oxygen atoms in total. The standard InChI is InChI=1S/C20H23FN2O3S/c1-14(16-5-7-17(21)8-6-16)22-20(24)13-4-15-2-11-19(12-3-15)27(25,26)23-18-9-10-18/h2-3,5-8,11-12,14,18,23H,4,9-10,13H2,1H3,(H,22,24)/t14-/m1/s1. The van der Waals surface area contributed by atoms with Crippen LogP contribution >= 0.6 is 0 Å². The Balaban J connectivity index is 1.50. The summed E-state index contributed by atoms with van der Waals surface area (Å²) in [4.78, 5) is 12.4. The van der Waals surface area contributed by atoms with Crippen molar-refractivity contribution in [1.29, 1.82) is 0 Å². The molecular formula is C20H23FN2O3S. The SMILES string of the molecule is C[C@@H](NC(=O)CCc1ccc(S(=O)(=O)NC2CC2)cc1)c1ccc(F)cc1. The fourth-order valence-corrected chi connectivity index (χ4v) is 4.04. The Bertz CT molecular complexity index is 892. The lowest BCUT2D eigenvalue weighted by molar-refractivity contribution is -0.121. The van der Waals surface area contributed by atoms with Gasteiger partial charge in [0.15, 0.2) is 0 Å². The molecule has 0 radical (unpaired) electrons. The van der Waals surface area contributed by atoms with Crippen molar-refractivity contribution in [2.24, 2.45) is 0 Å². The molecule has 3 rings (SSSR count). The average molecular weight is 390 g/mol. The maximum Gasteiger partial charge on any atom is 0.240 e. The molecule has 1 fully saturated rings. The van der Waals surface area contributed by atoms with Crippen LogP contribution in [0.4, 0.5) is 4.39 Å². The van der Waals surface area contributed by atoms with E-state index in [4.69, 9.17) is 0 Å². The second-order valence-electron chi connectivity index (χ2n) is 6.88. The van der Waals surface area contributed by atoms with Gasteiger partial charge >= 0.3 is 0 Å². The summed E-state index contributed by atoms with van der Waals surface area (Å²) in [5.74, 6) is -0.422. The van der Waals surface area contributed by atoms with Crippen LogP contribution in [0.15, 0.2) is 53.4 Å². The fourth-order valence-electron chi connectivity index (χ4n) is 2.73. The van der Waals surface area contributed by atoms with Gasteiger partial charge in [0.2, 0.25) is 15.9 Å². The number of carbonyl (C=O) groups is 1. The van der Waals surface area contributed by atoms with Crippen LogP contribution in [0.5, 0.6) is 0 Å². The van der Waals surface area contributed by atoms with Gasteiger partial charge in [-0.2, -0.15) is 0 Å². The first-order chi connectivity index (χ1) is 12.8. The number of benzene rings is 2. The minimum Gasteiger partial charge on any atom is -0.350 e. The van der Waals surface area contributed by atoms with Gasteiger partial charge in [-0.3, -0.25) is 4.79 Å². The molecule has 1 amide bonds. The van der Waals surface area contributed by atoms with E-state index in [9.17, 15) is 17.6 Å². The highest BCUT2D eigenvalue weighted by Crippen LogP contribution is 2.22. The summed E-state index contributed by atoms with van der Waals surface area (Å²) in [5.41, 5.74) is 1.73. The fraction of sp³-hybridized carbons (Fsp3) is 0.350. The van der Waals surface area contributed by atoms with Crippen molar-refractivity contribution in [2.75, 3.05) is 0 Å². The minimum absolute atomic E-state index is 0.0708.